The largest absolute Gasteiger partial charge is 0.472 e. The van der Waals surface area contributed by atoms with Crippen LogP contribution < -0.4 is 4.74 Å². The van der Waals surface area contributed by atoms with Crippen molar-refractivity contribution < 1.29 is 22.7 Å². The van der Waals surface area contributed by atoms with Crippen LogP contribution in [0, 0.1) is 5.82 Å². The van der Waals surface area contributed by atoms with Crippen LogP contribution in [0.1, 0.15) is 59.8 Å². The van der Waals surface area contributed by atoms with E-state index in [0.717, 1.165) is 12.8 Å². The molecule has 1 amide bonds. The maximum Gasteiger partial charge on any atom is 0.280 e. The van der Waals surface area contributed by atoms with Crippen LogP contribution in [0.2, 0.25) is 5.15 Å². The molecule has 4 heterocycles. The summed E-state index contributed by atoms with van der Waals surface area (Å²) < 4.78 is 48.5. The number of alkyl halides is 2. The second kappa shape index (κ2) is 8.19. The van der Waals surface area contributed by atoms with Gasteiger partial charge in [-0.1, -0.05) is 11.6 Å². The molecule has 2 fully saturated rings. The number of hydrogen-bond donors (Lipinski definition) is 0. The Balaban J connectivity index is 1.44. The third-order valence-corrected chi connectivity index (χ3v) is 5.77. The zero-order valence-corrected chi connectivity index (χ0v) is 17.5. The van der Waals surface area contributed by atoms with Gasteiger partial charge in [0.25, 0.3) is 24.0 Å². The molecular weight excluding hydrogens is 449 g/mol. The van der Waals surface area contributed by atoms with Gasteiger partial charge in [0.05, 0.1) is 11.3 Å². The van der Waals surface area contributed by atoms with E-state index >= 15 is 0 Å². The van der Waals surface area contributed by atoms with Crippen molar-refractivity contribution >= 4 is 23.3 Å². The van der Waals surface area contributed by atoms with Crippen LogP contribution in [0.5, 0.6) is 5.88 Å². The standard InChI is InChI=1S/C20H18ClF3N6O2/c21-15-6-12(16(22)18(28-15)32-11-3-4-11)19(31)29-5-1-2-10(8-29)14-7-13(17(23)24)27-20-25-9-26-30(14)20/h6-7,9-11,17H,1-5,8H2. The Bertz CT molecular complexity index is 1190. The van der Waals surface area contributed by atoms with Crippen LogP contribution in [-0.4, -0.2) is 54.6 Å². The first kappa shape index (κ1) is 20.9. The lowest BCUT2D eigenvalue weighted by molar-refractivity contribution is 0.0698. The molecule has 0 bridgehead atoms. The minimum absolute atomic E-state index is 0.0426. The summed E-state index contributed by atoms with van der Waals surface area (Å²) in [5.74, 6) is -1.93. The molecule has 2 aliphatic rings. The maximum atomic E-state index is 15.0. The summed E-state index contributed by atoms with van der Waals surface area (Å²) in [6.45, 7) is 0.583. The molecule has 0 spiro atoms. The molecule has 0 radical (unpaired) electrons. The van der Waals surface area contributed by atoms with Gasteiger partial charge >= 0.3 is 0 Å². The van der Waals surface area contributed by atoms with Gasteiger partial charge in [-0.05, 0) is 37.8 Å². The molecule has 1 unspecified atom stereocenters. The Morgan fingerprint density at radius 1 is 1.22 bits per heavy atom. The van der Waals surface area contributed by atoms with Crippen LogP contribution in [0.25, 0.3) is 5.78 Å². The van der Waals surface area contributed by atoms with Gasteiger partial charge in [-0.25, -0.2) is 22.7 Å². The van der Waals surface area contributed by atoms with E-state index < -0.39 is 23.8 Å². The minimum Gasteiger partial charge on any atom is -0.472 e. The average Bonchev–Trinajstić information content (AvgIpc) is 3.47. The number of nitrogens with zero attached hydrogens (tertiary/aromatic N) is 6. The van der Waals surface area contributed by atoms with Gasteiger partial charge in [-0.2, -0.15) is 15.1 Å². The Kier molecular flexibility index (Phi) is 5.36. The number of fused-ring (bicyclic) bond motifs is 1. The first-order chi connectivity index (χ1) is 15.4. The van der Waals surface area contributed by atoms with Gasteiger partial charge in [0.15, 0.2) is 5.82 Å². The van der Waals surface area contributed by atoms with E-state index in [-0.39, 0.29) is 40.9 Å². The summed E-state index contributed by atoms with van der Waals surface area (Å²) in [5.41, 5.74) is -0.153. The van der Waals surface area contributed by atoms with Crippen molar-refractivity contribution in [3.05, 3.63) is 46.4 Å². The number of piperidine rings is 1. The molecule has 12 heteroatoms. The number of likely N-dealkylation sites (tertiary alicyclic amines) is 1. The molecule has 1 saturated heterocycles. The SMILES string of the molecule is O=C(c1cc(Cl)nc(OC2CC2)c1F)N1CCCC(c2cc(C(F)F)nc3ncnn23)C1. The van der Waals surface area contributed by atoms with Gasteiger partial charge in [-0.15, -0.1) is 0 Å². The number of rotatable bonds is 5. The van der Waals surface area contributed by atoms with Crippen LogP contribution >= 0.6 is 11.6 Å². The lowest BCUT2D eigenvalue weighted by atomic mass is 9.93. The number of aromatic nitrogens is 5. The van der Waals surface area contributed by atoms with Gasteiger partial charge in [0.1, 0.15) is 23.3 Å². The lowest BCUT2D eigenvalue weighted by Gasteiger charge is -2.33. The lowest BCUT2D eigenvalue weighted by Crippen LogP contribution is -2.40. The highest BCUT2D eigenvalue weighted by atomic mass is 35.5. The summed E-state index contributed by atoms with van der Waals surface area (Å²) in [6, 6.07) is 2.47. The fourth-order valence-corrected chi connectivity index (χ4v) is 4.07. The van der Waals surface area contributed by atoms with Crippen LogP contribution in [0.3, 0.4) is 0 Å². The van der Waals surface area contributed by atoms with Crippen LogP contribution in [0.15, 0.2) is 18.5 Å². The number of carbonyl (C=O) groups excluding carboxylic acids is 1. The molecule has 1 aliphatic heterocycles. The topological polar surface area (TPSA) is 85.5 Å². The Labute approximate surface area is 185 Å². The first-order valence-corrected chi connectivity index (χ1v) is 10.6. The van der Waals surface area contributed by atoms with E-state index in [1.807, 2.05) is 0 Å². The Hall–Kier alpha value is -2.95. The van der Waals surface area contributed by atoms with Crippen molar-refractivity contribution in [2.75, 3.05) is 13.1 Å². The normalized spacial score (nSPS) is 19.0. The molecule has 1 saturated carbocycles. The summed E-state index contributed by atoms with van der Waals surface area (Å²) in [6.07, 6.45) is 1.20. The van der Waals surface area contributed by atoms with Gasteiger partial charge in [0.2, 0.25) is 0 Å². The zero-order valence-electron chi connectivity index (χ0n) is 16.7. The monoisotopic (exact) mass is 466 g/mol. The predicted molar refractivity (Wildman–Crippen MR) is 106 cm³/mol. The number of hydrogen-bond acceptors (Lipinski definition) is 6. The van der Waals surface area contributed by atoms with Crippen molar-refractivity contribution in [1.82, 2.24) is 29.5 Å². The van der Waals surface area contributed by atoms with E-state index in [9.17, 15) is 18.0 Å². The van der Waals surface area contributed by atoms with Gasteiger partial charge < -0.3 is 9.64 Å². The molecule has 3 aromatic heterocycles. The zero-order chi connectivity index (χ0) is 22.4. The summed E-state index contributed by atoms with van der Waals surface area (Å²) in [4.78, 5) is 26.3. The highest BCUT2D eigenvalue weighted by Crippen LogP contribution is 2.33. The molecular formula is C20H18ClF3N6O2. The number of amides is 1. The molecule has 0 N–H and O–H groups in total. The summed E-state index contributed by atoms with van der Waals surface area (Å²) in [5, 5.41) is 4.04. The Morgan fingerprint density at radius 3 is 2.78 bits per heavy atom. The van der Waals surface area contributed by atoms with Crippen molar-refractivity contribution in [1.29, 1.82) is 0 Å². The van der Waals surface area contributed by atoms with E-state index in [4.69, 9.17) is 16.3 Å². The first-order valence-electron chi connectivity index (χ1n) is 10.2. The van der Waals surface area contributed by atoms with E-state index in [1.165, 1.54) is 27.9 Å². The third-order valence-electron chi connectivity index (χ3n) is 5.58. The second-order valence-electron chi connectivity index (χ2n) is 7.90. The number of pyridine rings is 1. The molecule has 0 aromatic carbocycles. The fourth-order valence-electron chi connectivity index (χ4n) is 3.88. The molecule has 32 heavy (non-hydrogen) atoms. The summed E-state index contributed by atoms with van der Waals surface area (Å²) >= 11 is 6.01. The summed E-state index contributed by atoms with van der Waals surface area (Å²) in [7, 11) is 0. The predicted octanol–water partition coefficient (Wildman–Crippen LogP) is 3.81. The average molecular weight is 467 g/mol. The van der Waals surface area contributed by atoms with E-state index in [1.54, 1.807) is 0 Å². The third kappa shape index (κ3) is 3.96. The van der Waals surface area contributed by atoms with Crippen molar-refractivity contribution in [2.45, 2.75) is 44.1 Å². The Morgan fingerprint density at radius 2 is 2.03 bits per heavy atom. The smallest absolute Gasteiger partial charge is 0.280 e. The second-order valence-corrected chi connectivity index (χ2v) is 8.28. The van der Waals surface area contributed by atoms with Crippen molar-refractivity contribution in [2.24, 2.45) is 0 Å². The highest BCUT2D eigenvalue weighted by molar-refractivity contribution is 6.29. The molecule has 1 aliphatic carbocycles. The van der Waals surface area contributed by atoms with Crippen molar-refractivity contribution in [3.63, 3.8) is 0 Å². The van der Waals surface area contributed by atoms with Crippen LogP contribution in [0.4, 0.5) is 13.2 Å². The quantitative estimate of drug-likeness (QED) is 0.531. The van der Waals surface area contributed by atoms with E-state index in [0.29, 0.717) is 25.1 Å². The molecule has 3 aromatic rings. The molecule has 5 rings (SSSR count). The fraction of sp³-hybridized carbons (Fsp3) is 0.450. The molecule has 168 valence electrons. The molecule has 1 atom stereocenters. The van der Waals surface area contributed by atoms with Gasteiger partial charge in [-0.3, -0.25) is 4.79 Å². The number of ether oxygens (including phenoxy) is 1. The van der Waals surface area contributed by atoms with E-state index in [2.05, 4.69) is 20.1 Å². The highest BCUT2D eigenvalue weighted by Gasteiger charge is 2.32. The van der Waals surface area contributed by atoms with Gasteiger partial charge in [0, 0.05) is 19.0 Å². The number of halogens is 4. The number of carbonyl (C=O) groups is 1. The van der Waals surface area contributed by atoms with Crippen LogP contribution in [-0.2, 0) is 0 Å². The maximum absolute atomic E-state index is 15.0. The minimum atomic E-state index is -2.77. The molecule has 8 nitrogen and oxygen atoms in total. The van der Waals surface area contributed by atoms with Crippen molar-refractivity contribution in [3.8, 4) is 5.88 Å².